The van der Waals surface area contributed by atoms with E-state index in [0.29, 0.717) is 51.2 Å². The number of benzene rings is 3. The monoisotopic (exact) mass is 626 g/mol. The SMILES string of the molecule is CCCOC(=O)Nc1ccc(CN2CCC(C(O)(c3ccc(OC(F)(F)F)cc3)c3ccc(OC(F)(F)F)cc3)CC2)cc1. The lowest BCUT2D eigenvalue weighted by Crippen LogP contribution is -2.44. The van der Waals surface area contributed by atoms with Crippen LogP contribution in [0.2, 0.25) is 0 Å². The van der Waals surface area contributed by atoms with Gasteiger partial charge in [0.15, 0.2) is 0 Å². The summed E-state index contributed by atoms with van der Waals surface area (Å²) in [5.41, 5.74) is 0.411. The molecule has 3 aromatic rings. The van der Waals surface area contributed by atoms with Crippen molar-refractivity contribution in [1.29, 1.82) is 0 Å². The van der Waals surface area contributed by atoms with Crippen molar-refractivity contribution in [1.82, 2.24) is 4.90 Å². The van der Waals surface area contributed by atoms with Crippen molar-refractivity contribution >= 4 is 11.8 Å². The zero-order chi connectivity index (χ0) is 32.0. The molecular formula is C31H32F6N2O5. The number of carbonyl (C=O) groups is 1. The first kappa shape index (κ1) is 32.9. The summed E-state index contributed by atoms with van der Waals surface area (Å²) in [4.78, 5) is 13.9. The number of hydrogen-bond donors (Lipinski definition) is 2. The highest BCUT2D eigenvalue weighted by atomic mass is 19.4. The number of ether oxygens (including phenoxy) is 3. The Labute approximate surface area is 250 Å². The van der Waals surface area contributed by atoms with Crippen molar-refractivity contribution in [3.8, 4) is 11.5 Å². The number of amides is 1. The lowest BCUT2D eigenvalue weighted by Gasteiger charge is -2.42. The molecule has 3 aromatic carbocycles. The molecule has 4 rings (SSSR count). The van der Waals surface area contributed by atoms with Gasteiger partial charge < -0.3 is 19.3 Å². The zero-order valence-corrected chi connectivity index (χ0v) is 23.8. The molecule has 7 nitrogen and oxygen atoms in total. The number of piperidine rings is 1. The molecule has 1 heterocycles. The third kappa shape index (κ3) is 9.02. The van der Waals surface area contributed by atoms with Gasteiger partial charge in [0.25, 0.3) is 0 Å². The summed E-state index contributed by atoms with van der Waals surface area (Å²) >= 11 is 0. The Morgan fingerprint density at radius 3 is 1.73 bits per heavy atom. The van der Waals surface area contributed by atoms with Gasteiger partial charge in [-0.05, 0) is 91.4 Å². The molecule has 13 heteroatoms. The fourth-order valence-electron chi connectivity index (χ4n) is 5.27. The summed E-state index contributed by atoms with van der Waals surface area (Å²) in [5, 5.41) is 14.8. The Morgan fingerprint density at radius 2 is 1.30 bits per heavy atom. The maximum absolute atomic E-state index is 12.7. The van der Waals surface area contributed by atoms with E-state index in [-0.39, 0.29) is 11.1 Å². The molecule has 1 fully saturated rings. The van der Waals surface area contributed by atoms with Gasteiger partial charge in [-0.1, -0.05) is 43.3 Å². The first-order valence-electron chi connectivity index (χ1n) is 13.9. The van der Waals surface area contributed by atoms with Gasteiger partial charge >= 0.3 is 18.8 Å². The van der Waals surface area contributed by atoms with Gasteiger partial charge in [-0.3, -0.25) is 10.2 Å². The highest BCUT2D eigenvalue weighted by molar-refractivity contribution is 5.84. The van der Waals surface area contributed by atoms with Crippen LogP contribution < -0.4 is 14.8 Å². The Morgan fingerprint density at radius 1 is 0.818 bits per heavy atom. The van der Waals surface area contributed by atoms with E-state index in [2.05, 4.69) is 19.7 Å². The molecular weight excluding hydrogens is 594 g/mol. The van der Waals surface area contributed by atoms with Crippen LogP contribution in [0.4, 0.5) is 36.8 Å². The Kier molecular flexibility index (Phi) is 10.3. The van der Waals surface area contributed by atoms with Crippen molar-refractivity contribution < 1.29 is 50.5 Å². The first-order valence-corrected chi connectivity index (χ1v) is 13.9. The number of anilines is 1. The largest absolute Gasteiger partial charge is 0.573 e. The summed E-state index contributed by atoms with van der Waals surface area (Å²) in [7, 11) is 0. The highest BCUT2D eigenvalue weighted by Gasteiger charge is 2.42. The number of nitrogens with zero attached hydrogens (tertiary/aromatic N) is 1. The van der Waals surface area contributed by atoms with Crippen molar-refractivity contribution in [2.24, 2.45) is 5.92 Å². The van der Waals surface area contributed by atoms with Gasteiger partial charge in [0.05, 0.1) is 6.61 Å². The van der Waals surface area contributed by atoms with Crippen LogP contribution in [0.25, 0.3) is 0 Å². The van der Waals surface area contributed by atoms with Crippen LogP contribution in [0, 0.1) is 5.92 Å². The lowest BCUT2D eigenvalue weighted by molar-refractivity contribution is -0.275. The number of nitrogens with one attached hydrogen (secondary N) is 1. The van der Waals surface area contributed by atoms with Crippen molar-refractivity contribution in [2.75, 3.05) is 25.0 Å². The number of aliphatic hydroxyl groups is 1. The number of carbonyl (C=O) groups excluding carboxylic acids is 1. The van der Waals surface area contributed by atoms with Crippen molar-refractivity contribution in [3.05, 3.63) is 89.5 Å². The average Bonchev–Trinajstić information content (AvgIpc) is 2.96. The van der Waals surface area contributed by atoms with Gasteiger partial charge in [0.2, 0.25) is 0 Å². The van der Waals surface area contributed by atoms with Gasteiger partial charge in [0.1, 0.15) is 17.1 Å². The first-order chi connectivity index (χ1) is 20.7. The van der Waals surface area contributed by atoms with E-state index in [0.717, 1.165) is 29.8 Å². The summed E-state index contributed by atoms with van der Waals surface area (Å²) in [6, 6.07) is 16.9. The number of hydrogen-bond acceptors (Lipinski definition) is 6. The molecule has 1 amide bonds. The van der Waals surface area contributed by atoms with Crippen molar-refractivity contribution in [3.63, 3.8) is 0 Å². The van der Waals surface area contributed by atoms with Crippen LogP contribution in [-0.4, -0.2) is 48.5 Å². The number of rotatable bonds is 10. The van der Waals surface area contributed by atoms with E-state index >= 15 is 0 Å². The molecule has 0 radical (unpaired) electrons. The second-order valence-corrected chi connectivity index (χ2v) is 10.4. The van der Waals surface area contributed by atoms with E-state index in [1.54, 1.807) is 12.1 Å². The Hall–Kier alpha value is -3.97. The fraction of sp³-hybridized carbons (Fsp3) is 0.387. The van der Waals surface area contributed by atoms with Crippen molar-refractivity contribution in [2.45, 2.75) is 51.1 Å². The van der Waals surface area contributed by atoms with E-state index in [9.17, 15) is 36.2 Å². The van der Waals surface area contributed by atoms with Crippen LogP contribution in [0.3, 0.4) is 0 Å². The molecule has 0 aliphatic carbocycles. The number of halogens is 6. The quantitative estimate of drug-likeness (QED) is 0.226. The third-order valence-electron chi connectivity index (χ3n) is 7.28. The zero-order valence-electron chi connectivity index (χ0n) is 23.8. The molecule has 1 aliphatic heterocycles. The normalized spacial score (nSPS) is 15.1. The molecule has 44 heavy (non-hydrogen) atoms. The summed E-state index contributed by atoms with van der Waals surface area (Å²) < 4.78 is 89.1. The van der Waals surface area contributed by atoms with Gasteiger partial charge in [-0.25, -0.2) is 4.79 Å². The van der Waals surface area contributed by atoms with Gasteiger partial charge in [-0.15, -0.1) is 26.3 Å². The standard InChI is InChI=1S/C31H32F6N2O5/c1-2-19-42-28(40)38-25-9-3-21(4-10-25)20-39-17-15-24(16-18-39)29(41,22-5-11-26(12-6-22)43-30(32,33)34)23-7-13-27(14-8-23)44-31(35,36)37/h3-14,24,41H,2,15-20H2,1H3,(H,38,40). The molecule has 1 saturated heterocycles. The molecule has 0 unspecified atom stereocenters. The average molecular weight is 627 g/mol. The summed E-state index contributed by atoms with van der Waals surface area (Å²) in [5.74, 6) is -1.35. The Balaban J connectivity index is 1.48. The van der Waals surface area contributed by atoms with Gasteiger partial charge in [0, 0.05) is 12.2 Å². The second kappa shape index (κ2) is 13.8. The highest BCUT2D eigenvalue weighted by Crippen LogP contribution is 2.43. The molecule has 0 atom stereocenters. The second-order valence-electron chi connectivity index (χ2n) is 10.4. The third-order valence-corrected chi connectivity index (χ3v) is 7.28. The molecule has 238 valence electrons. The van der Waals surface area contributed by atoms with E-state index in [1.165, 1.54) is 24.3 Å². The van der Waals surface area contributed by atoms with E-state index < -0.39 is 41.8 Å². The van der Waals surface area contributed by atoms with Crippen LogP contribution in [0.15, 0.2) is 72.8 Å². The Bertz CT molecular complexity index is 1300. The molecule has 1 aliphatic rings. The maximum atomic E-state index is 12.7. The van der Waals surface area contributed by atoms with Crippen LogP contribution in [0.5, 0.6) is 11.5 Å². The molecule has 0 saturated carbocycles. The predicted molar refractivity (Wildman–Crippen MR) is 149 cm³/mol. The maximum Gasteiger partial charge on any atom is 0.573 e. The van der Waals surface area contributed by atoms with E-state index in [1.807, 2.05) is 19.1 Å². The predicted octanol–water partition coefficient (Wildman–Crippen LogP) is 7.59. The summed E-state index contributed by atoms with van der Waals surface area (Å²) in [6.45, 7) is 3.96. The minimum Gasteiger partial charge on any atom is -0.449 e. The van der Waals surface area contributed by atoms with Gasteiger partial charge in [-0.2, -0.15) is 0 Å². The molecule has 0 spiro atoms. The fourth-order valence-corrected chi connectivity index (χ4v) is 5.27. The van der Waals surface area contributed by atoms with Crippen LogP contribution >= 0.6 is 0 Å². The van der Waals surface area contributed by atoms with Crippen LogP contribution in [0.1, 0.15) is 42.9 Å². The molecule has 0 bridgehead atoms. The lowest BCUT2D eigenvalue weighted by atomic mass is 9.72. The minimum atomic E-state index is -4.89. The molecule has 0 aromatic heterocycles. The van der Waals surface area contributed by atoms with E-state index in [4.69, 9.17) is 4.74 Å². The topological polar surface area (TPSA) is 80.3 Å². The smallest absolute Gasteiger partial charge is 0.449 e. The number of alkyl halides is 6. The molecule has 2 N–H and O–H groups in total. The number of likely N-dealkylation sites (tertiary alicyclic amines) is 1. The van der Waals surface area contributed by atoms with Crippen LogP contribution in [-0.2, 0) is 16.9 Å². The summed E-state index contributed by atoms with van der Waals surface area (Å²) in [6.07, 6.45) is -8.62. The minimum absolute atomic E-state index is 0.274.